The number of nitrogens with zero attached hydrogens (tertiary/aromatic N) is 1. The van der Waals surface area contributed by atoms with Crippen LogP contribution >= 0.6 is 0 Å². The zero-order valence-corrected chi connectivity index (χ0v) is 13.7. The highest BCUT2D eigenvalue weighted by molar-refractivity contribution is 5.85. The second kappa shape index (κ2) is 8.67. The minimum atomic E-state index is -0.198. The summed E-state index contributed by atoms with van der Waals surface area (Å²) in [6.45, 7) is 10.3. The number of nitrogens with one attached hydrogen (secondary N) is 1. The molecule has 0 aliphatic carbocycles. The van der Waals surface area contributed by atoms with Crippen molar-refractivity contribution in [2.75, 3.05) is 24.5 Å². The van der Waals surface area contributed by atoms with E-state index in [1.165, 1.54) is 5.56 Å². The maximum absolute atomic E-state index is 12.4. The first-order chi connectivity index (χ1) is 9.97. The zero-order chi connectivity index (χ0) is 15.8. The monoisotopic (exact) mass is 291 g/mol. The van der Waals surface area contributed by atoms with E-state index in [0.29, 0.717) is 19.0 Å². The van der Waals surface area contributed by atoms with Crippen LogP contribution in [0.5, 0.6) is 0 Å². The van der Waals surface area contributed by atoms with E-state index < -0.39 is 0 Å². The van der Waals surface area contributed by atoms with Crippen LogP contribution in [0.1, 0.15) is 32.8 Å². The van der Waals surface area contributed by atoms with Gasteiger partial charge in [0.05, 0.1) is 0 Å². The van der Waals surface area contributed by atoms with Gasteiger partial charge < -0.3 is 16.0 Å². The molecule has 0 heterocycles. The summed E-state index contributed by atoms with van der Waals surface area (Å²) in [5, 5.41) is 3.02. The van der Waals surface area contributed by atoms with Crippen molar-refractivity contribution in [2.24, 2.45) is 11.7 Å². The van der Waals surface area contributed by atoms with Gasteiger partial charge in [0.2, 0.25) is 5.91 Å². The van der Waals surface area contributed by atoms with Gasteiger partial charge in [-0.2, -0.15) is 0 Å². The molecule has 4 nitrogen and oxygen atoms in total. The number of benzene rings is 1. The number of nitrogens with two attached hydrogens (primary N) is 1. The van der Waals surface area contributed by atoms with Crippen LogP contribution in [-0.2, 0) is 4.79 Å². The van der Waals surface area contributed by atoms with Crippen LogP contribution in [0.3, 0.4) is 0 Å². The topological polar surface area (TPSA) is 58.4 Å². The molecule has 1 unspecified atom stereocenters. The highest BCUT2D eigenvalue weighted by atomic mass is 16.2. The second-order valence-electron chi connectivity index (χ2n) is 5.94. The zero-order valence-electron chi connectivity index (χ0n) is 13.7. The van der Waals surface area contributed by atoms with Crippen molar-refractivity contribution in [3.05, 3.63) is 29.8 Å². The van der Waals surface area contributed by atoms with Gasteiger partial charge in [-0.3, -0.25) is 4.79 Å². The van der Waals surface area contributed by atoms with Crippen molar-refractivity contribution in [3.63, 3.8) is 0 Å². The molecular weight excluding hydrogens is 262 g/mol. The lowest BCUT2D eigenvalue weighted by Gasteiger charge is -2.32. The lowest BCUT2D eigenvalue weighted by Crippen LogP contribution is -2.47. The number of para-hydroxylation sites is 1. The Morgan fingerprint density at radius 2 is 1.95 bits per heavy atom. The third-order valence-electron chi connectivity index (χ3n) is 3.56. The highest BCUT2D eigenvalue weighted by Crippen LogP contribution is 2.22. The number of aryl methyl sites for hydroxylation is 1. The summed E-state index contributed by atoms with van der Waals surface area (Å²) < 4.78 is 0. The first-order valence-corrected chi connectivity index (χ1v) is 7.77. The fraction of sp³-hybridized carbons (Fsp3) is 0.588. The Bertz CT molecular complexity index is 445. The van der Waals surface area contributed by atoms with E-state index in [1.807, 2.05) is 19.1 Å². The van der Waals surface area contributed by atoms with E-state index in [9.17, 15) is 4.79 Å². The summed E-state index contributed by atoms with van der Waals surface area (Å²) in [6, 6.07) is 7.97. The fourth-order valence-corrected chi connectivity index (χ4v) is 2.26. The standard InChI is InChI=1S/C17H29N3O/c1-13(2)12-19-17(21)15(4)20(11-7-10-18)16-9-6-5-8-14(16)3/h5-6,8-9,13,15H,7,10-12,18H2,1-4H3,(H,19,21). The largest absolute Gasteiger partial charge is 0.360 e. The van der Waals surface area contributed by atoms with Crippen LogP contribution in [-0.4, -0.2) is 31.6 Å². The molecule has 1 aromatic carbocycles. The molecule has 0 fully saturated rings. The molecule has 21 heavy (non-hydrogen) atoms. The molecule has 0 aliphatic rings. The van der Waals surface area contributed by atoms with Crippen LogP contribution in [0, 0.1) is 12.8 Å². The molecule has 118 valence electrons. The van der Waals surface area contributed by atoms with E-state index in [2.05, 4.69) is 43.1 Å². The molecule has 1 amide bonds. The minimum Gasteiger partial charge on any atom is -0.360 e. The van der Waals surface area contributed by atoms with Crippen LogP contribution in [0.2, 0.25) is 0 Å². The predicted octanol–water partition coefficient (Wildman–Crippen LogP) is 2.31. The van der Waals surface area contributed by atoms with Gasteiger partial charge in [0.1, 0.15) is 6.04 Å². The van der Waals surface area contributed by atoms with Gasteiger partial charge in [0.25, 0.3) is 0 Å². The van der Waals surface area contributed by atoms with Crippen LogP contribution in [0.25, 0.3) is 0 Å². The molecule has 0 radical (unpaired) electrons. The number of carbonyl (C=O) groups is 1. The van der Waals surface area contributed by atoms with Gasteiger partial charge >= 0.3 is 0 Å². The first-order valence-electron chi connectivity index (χ1n) is 7.77. The summed E-state index contributed by atoms with van der Waals surface area (Å²) in [7, 11) is 0. The molecular formula is C17H29N3O. The molecule has 0 spiro atoms. The smallest absolute Gasteiger partial charge is 0.242 e. The number of carbonyl (C=O) groups excluding carboxylic acids is 1. The molecule has 0 aromatic heterocycles. The molecule has 0 saturated carbocycles. The average Bonchev–Trinajstić information content (AvgIpc) is 2.46. The van der Waals surface area contributed by atoms with Gasteiger partial charge in [-0.15, -0.1) is 0 Å². The summed E-state index contributed by atoms with van der Waals surface area (Å²) in [4.78, 5) is 14.5. The number of amides is 1. The van der Waals surface area contributed by atoms with Crippen molar-refractivity contribution in [1.29, 1.82) is 0 Å². The molecule has 0 saturated heterocycles. The summed E-state index contributed by atoms with van der Waals surface area (Å²) in [5.74, 6) is 0.529. The van der Waals surface area contributed by atoms with Gasteiger partial charge in [0.15, 0.2) is 0 Å². The predicted molar refractivity (Wildman–Crippen MR) is 89.5 cm³/mol. The molecule has 1 rings (SSSR count). The van der Waals surface area contributed by atoms with E-state index in [1.54, 1.807) is 0 Å². The van der Waals surface area contributed by atoms with Crippen molar-refractivity contribution in [2.45, 2.75) is 40.2 Å². The maximum Gasteiger partial charge on any atom is 0.242 e. The van der Waals surface area contributed by atoms with Gasteiger partial charge in [-0.25, -0.2) is 0 Å². The molecule has 4 heteroatoms. The number of hydrogen-bond donors (Lipinski definition) is 2. The second-order valence-corrected chi connectivity index (χ2v) is 5.94. The van der Waals surface area contributed by atoms with E-state index in [0.717, 1.165) is 18.7 Å². The fourth-order valence-electron chi connectivity index (χ4n) is 2.26. The summed E-state index contributed by atoms with van der Waals surface area (Å²) in [5.41, 5.74) is 7.93. The first kappa shape index (κ1) is 17.5. The Labute approximate surface area is 128 Å². The molecule has 0 bridgehead atoms. The molecule has 3 N–H and O–H groups in total. The van der Waals surface area contributed by atoms with Crippen molar-refractivity contribution in [3.8, 4) is 0 Å². The highest BCUT2D eigenvalue weighted by Gasteiger charge is 2.22. The molecule has 1 aromatic rings. The molecule has 0 aliphatic heterocycles. The van der Waals surface area contributed by atoms with E-state index >= 15 is 0 Å². The SMILES string of the molecule is Cc1ccccc1N(CCCN)C(C)C(=O)NCC(C)C. The lowest BCUT2D eigenvalue weighted by atomic mass is 10.1. The summed E-state index contributed by atoms with van der Waals surface area (Å²) >= 11 is 0. The van der Waals surface area contributed by atoms with Crippen molar-refractivity contribution < 1.29 is 4.79 Å². The van der Waals surface area contributed by atoms with Gasteiger partial charge in [-0.1, -0.05) is 32.0 Å². The third kappa shape index (κ3) is 5.38. The number of anilines is 1. The van der Waals surface area contributed by atoms with E-state index in [4.69, 9.17) is 5.73 Å². The molecule has 1 atom stereocenters. The maximum atomic E-state index is 12.4. The third-order valence-corrected chi connectivity index (χ3v) is 3.56. The van der Waals surface area contributed by atoms with Crippen LogP contribution < -0.4 is 16.0 Å². The van der Waals surface area contributed by atoms with Crippen LogP contribution in [0.4, 0.5) is 5.69 Å². The Balaban J connectivity index is 2.86. The minimum absolute atomic E-state index is 0.0731. The van der Waals surface area contributed by atoms with Crippen molar-refractivity contribution >= 4 is 11.6 Å². The number of rotatable bonds is 8. The Hall–Kier alpha value is -1.55. The Morgan fingerprint density at radius 3 is 2.52 bits per heavy atom. The number of hydrogen-bond acceptors (Lipinski definition) is 3. The quantitative estimate of drug-likeness (QED) is 0.773. The van der Waals surface area contributed by atoms with Gasteiger partial charge in [-0.05, 0) is 44.4 Å². The summed E-state index contributed by atoms with van der Waals surface area (Å²) in [6.07, 6.45) is 0.871. The van der Waals surface area contributed by atoms with E-state index in [-0.39, 0.29) is 11.9 Å². The normalized spacial score (nSPS) is 12.3. The Morgan fingerprint density at radius 1 is 1.29 bits per heavy atom. The average molecular weight is 291 g/mol. The Kier molecular flexibility index (Phi) is 7.23. The van der Waals surface area contributed by atoms with Gasteiger partial charge in [0, 0.05) is 18.8 Å². The van der Waals surface area contributed by atoms with Crippen LogP contribution in [0.15, 0.2) is 24.3 Å². The van der Waals surface area contributed by atoms with Crippen molar-refractivity contribution in [1.82, 2.24) is 5.32 Å². The lowest BCUT2D eigenvalue weighted by molar-refractivity contribution is -0.122.